The number of fused-ring (bicyclic) bond motifs is 8. The van der Waals surface area contributed by atoms with Gasteiger partial charge in [0.2, 0.25) is 5.78 Å². The van der Waals surface area contributed by atoms with Gasteiger partial charge in [-0.05, 0) is 80.3 Å². The predicted octanol–water partition coefficient (Wildman–Crippen LogP) is 4.46. The van der Waals surface area contributed by atoms with Crippen molar-refractivity contribution in [1.82, 2.24) is 18.9 Å². The van der Waals surface area contributed by atoms with Crippen molar-refractivity contribution in [1.29, 1.82) is 10.5 Å². The Morgan fingerprint density at radius 3 is 1.55 bits per heavy atom. The van der Waals surface area contributed by atoms with Crippen LogP contribution in [0.25, 0.3) is 49.6 Å². The highest BCUT2D eigenvalue weighted by Crippen LogP contribution is 2.30. The fourth-order valence-electron chi connectivity index (χ4n) is 10.2. The maximum absolute atomic E-state index is 13.9. The fourth-order valence-corrected chi connectivity index (χ4v) is 10.2. The average Bonchev–Trinajstić information content (AvgIpc) is 3.99. The number of ether oxygens (including phenoxy) is 7. The maximum Gasteiger partial charge on any atom is 0.309 e. The largest absolute Gasteiger partial charge is 0.463 e. The van der Waals surface area contributed by atoms with E-state index in [2.05, 4.69) is 14.8 Å². The molecule has 77 heavy (non-hydrogen) atoms. The Kier molecular flexibility index (Phi) is 16.5. The summed E-state index contributed by atoms with van der Waals surface area (Å²) in [5.41, 5.74) is 3.82. The van der Waals surface area contributed by atoms with Crippen LogP contribution >= 0.6 is 0 Å². The van der Waals surface area contributed by atoms with E-state index < -0.39 is 0 Å². The number of esters is 2. The van der Waals surface area contributed by atoms with Gasteiger partial charge in [0.25, 0.3) is 11.1 Å². The van der Waals surface area contributed by atoms with Crippen molar-refractivity contribution in [2.45, 2.75) is 25.7 Å². The molecular formula is C57H56N8O12. The van der Waals surface area contributed by atoms with Gasteiger partial charge in [-0.15, -0.1) is 0 Å². The molecule has 3 aliphatic rings. The Morgan fingerprint density at radius 2 is 1.01 bits per heavy atom. The van der Waals surface area contributed by atoms with Crippen molar-refractivity contribution in [3.63, 3.8) is 0 Å². The van der Waals surface area contributed by atoms with E-state index in [9.17, 15) is 34.5 Å². The molecule has 10 rings (SSSR count). The highest BCUT2D eigenvalue weighted by atomic mass is 16.6. The molecule has 396 valence electrons. The summed E-state index contributed by atoms with van der Waals surface area (Å²) < 4.78 is 41.7. The second kappa shape index (κ2) is 24.3. The van der Waals surface area contributed by atoms with E-state index >= 15 is 0 Å². The number of carbonyl (C=O) groups is 3. The first-order chi connectivity index (χ1) is 37.7. The van der Waals surface area contributed by atoms with Gasteiger partial charge in [0.05, 0.1) is 122 Å². The molecule has 0 radical (unpaired) electrons. The molecule has 2 saturated heterocycles. The minimum atomic E-state index is -0.288. The summed E-state index contributed by atoms with van der Waals surface area (Å²) in [4.78, 5) is 79.6. The summed E-state index contributed by atoms with van der Waals surface area (Å²) >= 11 is 0. The molecule has 4 aromatic carbocycles. The second-order valence-electron chi connectivity index (χ2n) is 18.8. The molecule has 20 heteroatoms. The molecule has 0 aliphatic carbocycles. The van der Waals surface area contributed by atoms with Crippen molar-refractivity contribution in [2.75, 3.05) is 115 Å². The molecule has 0 bridgehead atoms. The van der Waals surface area contributed by atoms with Gasteiger partial charge in [0, 0.05) is 42.9 Å². The van der Waals surface area contributed by atoms with E-state index in [1.807, 2.05) is 36.4 Å². The van der Waals surface area contributed by atoms with Gasteiger partial charge in [-0.2, -0.15) is 10.5 Å². The number of hydrogen-bond donors (Lipinski definition) is 0. The van der Waals surface area contributed by atoms with Gasteiger partial charge < -0.3 is 43.0 Å². The summed E-state index contributed by atoms with van der Waals surface area (Å²) in [6, 6.07) is 29.0. The number of anilines is 2. The number of ketones is 1. The standard InChI is InChI=1S/C57H56N8O12/c58-35-39(36-59)50-42-5-1-3-7-48(42)64-52(50)60-46-11-9-40(33-44(46)54(64)67)62-17-13-37(14-18-62)56(69)76-31-29-74-27-25-72-23-21-71-22-24-73-26-28-75-30-32-77-57(70)38-15-19-63(20-16-38)41-10-12-47-45(34-41)55(68)65-49-8-4-2-6-43(49)51(66)53(65)61-47/h1-12,33-34,37-38H,13-32H2. The third-order valence-electron chi connectivity index (χ3n) is 14.2. The Labute approximate surface area is 441 Å². The summed E-state index contributed by atoms with van der Waals surface area (Å²) in [7, 11) is 0. The summed E-state index contributed by atoms with van der Waals surface area (Å²) in [6.45, 7) is 6.27. The lowest BCUT2D eigenvalue weighted by molar-refractivity contribution is -0.151. The van der Waals surface area contributed by atoms with Crippen LogP contribution < -0.4 is 26.1 Å². The van der Waals surface area contributed by atoms with E-state index in [1.165, 1.54) is 8.97 Å². The molecule has 0 saturated carbocycles. The van der Waals surface area contributed by atoms with Crippen molar-refractivity contribution >= 4 is 73.0 Å². The molecule has 3 aliphatic heterocycles. The van der Waals surface area contributed by atoms with Crippen molar-refractivity contribution in [2.24, 2.45) is 11.8 Å². The van der Waals surface area contributed by atoms with Crippen LogP contribution in [0.5, 0.6) is 0 Å². The van der Waals surface area contributed by atoms with Crippen LogP contribution in [-0.4, -0.2) is 142 Å². The highest BCUT2D eigenvalue weighted by molar-refractivity contribution is 6.13. The van der Waals surface area contributed by atoms with Crippen LogP contribution in [0.15, 0.2) is 94.5 Å². The van der Waals surface area contributed by atoms with Gasteiger partial charge >= 0.3 is 11.9 Å². The number of benzene rings is 4. The minimum absolute atomic E-state index is 0.106. The number of hydrogen-bond acceptors (Lipinski definition) is 18. The molecule has 0 amide bonds. The number of para-hydroxylation sites is 2. The first kappa shape index (κ1) is 52.3. The fraction of sp³-hybridized carbons (Fsp3) is 0.386. The molecule has 0 unspecified atom stereocenters. The van der Waals surface area contributed by atoms with Crippen LogP contribution in [0.3, 0.4) is 0 Å². The number of rotatable bonds is 22. The van der Waals surface area contributed by atoms with Gasteiger partial charge in [-0.3, -0.25) is 32.9 Å². The summed E-state index contributed by atoms with van der Waals surface area (Å²) in [5.74, 6) is -1.10. The zero-order chi connectivity index (χ0) is 53.3. The van der Waals surface area contributed by atoms with E-state index in [-0.39, 0.29) is 84.1 Å². The normalized spacial score (nSPS) is 14.8. The number of nitriles is 2. The summed E-state index contributed by atoms with van der Waals surface area (Å²) in [5, 5.41) is 21.1. The molecule has 7 aromatic rings. The molecule has 0 atom stereocenters. The maximum atomic E-state index is 13.9. The zero-order valence-corrected chi connectivity index (χ0v) is 42.4. The monoisotopic (exact) mass is 1040 g/mol. The van der Waals surface area contributed by atoms with Crippen LogP contribution in [0.1, 0.15) is 41.9 Å². The smallest absolute Gasteiger partial charge is 0.309 e. The number of aromatic nitrogens is 4. The topological polar surface area (TPSA) is 239 Å². The molecule has 6 heterocycles. The lowest BCUT2D eigenvalue weighted by Gasteiger charge is -2.32. The number of carbonyl (C=O) groups excluding carboxylic acids is 3. The Morgan fingerprint density at radius 1 is 0.545 bits per heavy atom. The van der Waals surface area contributed by atoms with Gasteiger partial charge in [-0.25, -0.2) is 9.97 Å². The molecule has 2 fully saturated rings. The van der Waals surface area contributed by atoms with Crippen LogP contribution in [0, 0.1) is 34.5 Å². The Balaban J connectivity index is 0.525. The van der Waals surface area contributed by atoms with E-state index in [4.69, 9.17) is 38.1 Å². The highest BCUT2D eigenvalue weighted by Gasteiger charge is 2.32. The van der Waals surface area contributed by atoms with Gasteiger partial charge in [0.1, 0.15) is 30.9 Å². The third-order valence-corrected chi connectivity index (χ3v) is 14.2. The third kappa shape index (κ3) is 11.2. The first-order valence-electron chi connectivity index (χ1n) is 25.9. The van der Waals surface area contributed by atoms with Crippen molar-refractivity contribution in [3.05, 3.63) is 122 Å². The van der Waals surface area contributed by atoms with Gasteiger partial charge in [0.15, 0.2) is 11.5 Å². The molecular weight excluding hydrogens is 989 g/mol. The second-order valence-corrected chi connectivity index (χ2v) is 18.8. The molecule has 0 spiro atoms. The summed E-state index contributed by atoms with van der Waals surface area (Å²) in [6.07, 6.45) is 2.42. The quantitative estimate of drug-likeness (QED) is 0.0672. The Bertz CT molecular complexity index is 3610. The first-order valence-corrected chi connectivity index (χ1v) is 25.9. The van der Waals surface area contributed by atoms with E-state index in [1.54, 1.807) is 60.7 Å². The van der Waals surface area contributed by atoms with Crippen LogP contribution in [0.4, 0.5) is 11.4 Å². The van der Waals surface area contributed by atoms with Crippen molar-refractivity contribution < 1.29 is 47.5 Å². The predicted molar refractivity (Wildman–Crippen MR) is 283 cm³/mol. The van der Waals surface area contributed by atoms with Gasteiger partial charge in [-0.1, -0.05) is 30.3 Å². The zero-order valence-electron chi connectivity index (χ0n) is 42.4. The van der Waals surface area contributed by atoms with Crippen molar-refractivity contribution in [3.8, 4) is 17.8 Å². The minimum Gasteiger partial charge on any atom is -0.463 e. The molecule has 3 aromatic heterocycles. The Hall–Kier alpha value is -8.11. The number of nitrogens with zero attached hydrogens (tertiary/aromatic N) is 8. The number of piperidine rings is 2. The lowest BCUT2D eigenvalue weighted by atomic mass is 9.96. The van der Waals surface area contributed by atoms with Crippen LogP contribution in [-0.2, 0) is 42.7 Å². The molecule has 20 nitrogen and oxygen atoms in total. The van der Waals surface area contributed by atoms with E-state index in [0.29, 0.717) is 154 Å². The molecule has 0 N–H and O–H groups in total. The van der Waals surface area contributed by atoms with Crippen LogP contribution in [0.2, 0.25) is 0 Å². The van der Waals surface area contributed by atoms with E-state index in [0.717, 1.165) is 11.4 Å². The lowest BCUT2D eigenvalue weighted by Crippen LogP contribution is -2.37. The average molecular weight is 1050 g/mol. The SMILES string of the molecule is N#CC(C#N)=c1c2ccccc2n2c(=O)c3cc(N4CCC(C(=O)OCCOCCOCCOCCOCCOCCOC(=O)C5CCN(c6ccc7nc8n(c(=O)c7c6)-c6ccccc6C8=O)CC5)CC4)ccc3nc12.